The minimum absolute atomic E-state index is 0.106. The predicted octanol–water partition coefficient (Wildman–Crippen LogP) is 4.88. The summed E-state index contributed by atoms with van der Waals surface area (Å²) < 4.78 is 76.2. The highest BCUT2D eigenvalue weighted by Crippen LogP contribution is 2.43. The molecule has 0 bridgehead atoms. The normalized spacial score (nSPS) is 11.7. The van der Waals surface area contributed by atoms with Crippen molar-refractivity contribution in [2.45, 2.75) is 24.5 Å². The van der Waals surface area contributed by atoms with Crippen LogP contribution in [0.3, 0.4) is 0 Å². The molecule has 0 saturated carbocycles. The molecule has 0 aliphatic carbocycles. The molecule has 35 heavy (non-hydrogen) atoms. The van der Waals surface area contributed by atoms with Gasteiger partial charge in [0.05, 0.1) is 35.4 Å². The number of rotatable bonds is 7. The first-order chi connectivity index (χ1) is 16.4. The zero-order chi connectivity index (χ0) is 26.0. The number of amides is 1. The molecule has 0 unspecified atom stereocenters. The number of hydrogen-bond acceptors (Lipinski definition) is 5. The largest absolute Gasteiger partial charge is 0.497 e. The monoisotopic (exact) mass is 508 g/mol. The van der Waals surface area contributed by atoms with Gasteiger partial charge < -0.3 is 4.74 Å². The van der Waals surface area contributed by atoms with E-state index in [0.717, 1.165) is 19.2 Å². The number of benzene rings is 3. The van der Waals surface area contributed by atoms with E-state index in [1.54, 1.807) is 30.3 Å². The maximum atomic E-state index is 14.3. The summed E-state index contributed by atoms with van der Waals surface area (Å²) in [4.78, 5) is 12.4. The molecule has 3 rings (SSSR count). The summed E-state index contributed by atoms with van der Waals surface area (Å²) in [6.07, 6.45) is -5.01. The molecule has 3 aromatic carbocycles. The summed E-state index contributed by atoms with van der Waals surface area (Å²) in [6.45, 7) is 0.668. The summed E-state index contributed by atoms with van der Waals surface area (Å²) in [7, 11) is -2.30. The number of alkyl halides is 3. The maximum Gasteiger partial charge on any atom is 0.418 e. The zero-order valence-electron chi connectivity index (χ0n) is 19.1. The van der Waals surface area contributed by atoms with Gasteiger partial charge in [0.15, 0.2) is 0 Å². The highest BCUT2D eigenvalue weighted by molar-refractivity contribution is 7.92. The third-order valence-electron chi connectivity index (χ3n) is 5.26. The number of ether oxygens (including phenoxy) is 1. The van der Waals surface area contributed by atoms with Gasteiger partial charge in [-0.25, -0.2) is 13.5 Å². The van der Waals surface area contributed by atoms with Crippen molar-refractivity contribution in [1.29, 1.82) is 0 Å². The van der Waals surface area contributed by atoms with E-state index in [2.05, 4.69) is 0 Å². The number of anilines is 1. The predicted molar refractivity (Wildman–Crippen MR) is 123 cm³/mol. The molecular weight excluding hydrogens is 485 g/mol. The van der Waals surface area contributed by atoms with Gasteiger partial charge in [0.1, 0.15) is 5.75 Å². The third kappa shape index (κ3) is 5.41. The van der Waals surface area contributed by atoms with Gasteiger partial charge in [-0.1, -0.05) is 36.4 Å². The smallest absolute Gasteiger partial charge is 0.418 e. The molecular formula is C24H23F3N2O5S. The summed E-state index contributed by atoms with van der Waals surface area (Å²) in [5, 5.41) is 9.84. The van der Waals surface area contributed by atoms with Crippen LogP contribution in [0.5, 0.6) is 5.75 Å². The van der Waals surface area contributed by atoms with Crippen LogP contribution in [0.1, 0.15) is 27.0 Å². The Bertz CT molecular complexity index is 1310. The average Bonchev–Trinajstić information content (AvgIpc) is 2.81. The molecule has 0 heterocycles. The van der Waals surface area contributed by atoms with Crippen LogP contribution in [0.2, 0.25) is 0 Å². The fourth-order valence-electron chi connectivity index (χ4n) is 3.56. The Morgan fingerprint density at radius 2 is 1.60 bits per heavy atom. The van der Waals surface area contributed by atoms with E-state index in [4.69, 9.17) is 4.74 Å². The van der Waals surface area contributed by atoms with E-state index in [-0.39, 0.29) is 15.5 Å². The van der Waals surface area contributed by atoms with Gasteiger partial charge in [-0.2, -0.15) is 13.2 Å². The first-order valence-corrected chi connectivity index (χ1v) is 11.7. The molecule has 186 valence electrons. The lowest BCUT2D eigenvalue weighted by molar-refractivity contribution is -0.137. The van der Waals surface area contributed by atoms with Crippen molar-refractivity contribution in [2.24, 2.45) is 0 Å². The maximum absolute atomic E-state index is 14.3. The number of hydroxylamine groups is 2. The van der Waals surface area contributed by atoms with Gasteiger partial charge in [-0.3, -0.25) is 14.3 Å². The Morgan fingerprint density at radius 1 is 1.00 bits per heavy atom. The van der Waals surface area contributed by atoms with Gasteiger partial charge in [0, 0.05) is 7.05 Å². The van der Waals surface area contributed by atoms with Crippen molar-refractivity contribution in [3.63, 3.8) is 0 Å². The van der Waals surface area contributed by atoms with E-state index in [9.17, 15) is 31.6 Å². The van der Waals surface area contributed by atoms with Crippen LogP contribution in [0.4, 0.5) is 18.9 Å². The molecule has 7 nitrogen and oxygen atoms in total. The number of carbonyl (C=O) groups excluding carboxylic acids is 1. The highest BCUT2D eigenvalue weighted by atomic mass is 32.2. The van der Waals surface area contributed by atoms with E-state index < -0.39 is 45.5 Å². The standard InChI is InChI=1S/C24H23F3N2O5S/c1-16-9-14-20(23(30)28(2)31)22(21(16)24(25,26)27)29(15-17-7-5-4-6-8-17)35(32,33)19-12-10-18(34-3)11-13-19/h4-14,31H,15H2,1-3H3. The topological polar surface area (TPSA) is 87.2 Å². The molecule has 0 radical (unpaired) electrons. The molecule has 0 aromatic heterocycles. The minimum Gasteiger partial charge on any atom is -0.497 e. The number of halogens is 3. The molecule has 0 aliphatic rings. The molecule has 0 fully saturated rings. The van der Waals surface area contributed by atoms with Crippen LogP contribution in [0.15, 0.2) is 71.6 Å². The Morgan fingerprint density at radius 3 is 2.11 bits per heavy atom. The van der Waals surface area contributed by atoms with Crippen molar-refractivity contribution < 1.29 is 36.3 Å². The van der Waals surface area contributed by atoms with Crippen LogP contribution in [-0.2, 0) is 22.7 Å². The van der Waals surface area contributed by atoms with Crippen molar-refractivity contribution in [1.82, 2.24) is 5.06 Å². The van der Waals surface area contributed by atoms with Crippen molar-refractivity contribution in [2.75, 3.05) is 18.5 Å². The Balaban J connectivity index is 2.39. The molecule has 3 aromatic rings. The van der Waals surface area contributed by atoms with E-state index in [1.807, 2.05) is 0 Å². The lowest BCUT2D eigenvalue weighted by atomic mass is 10.00. The van der Waals surface area contributed by atoms with Gasteiger partial charge in [-0.15, -0.1) is 0 Å². The van der Waals surface area contributed by atoms with Crippen molar-refractivity contribution >= 4 is 21.6 Å². The Labute approximate surface area is 201 Å². The molecule has 1 amide bonds. The number of hydrogen-bond donors (Lipinski definition) is 1. The Kier molecular flexibility index (Phi) is 7.41. The second-order valence-corrected chi connectivity index (χ2v) is 9.52. The number of aryl methyl sites for hydroxylation is 1. The average molecular weight is 509 g/mol. The van der Waals surface area contributed by atoms with Gasteiger partial charge in [-0.05, 0) is 48.4 Å². The lowest BCUT2D eigenvalue weighted by Crippen LogP contribution is -2.35. The summed E-state index contributed by atoms with van der Waals surface area (Å²) in [6, 6.07) is 15.3. The number of methoxy groups -OCH3 is 1. The van der Waals surface area contributed by atoms with Gasteiger partial charge in [0.2, 0.25) is 0 Å². The Hall–Kier alpha value is -3.57. The fraction of sp³-hybridized carbons (Fsp3) is 0.208. The quantitative estimate of drug-likeness (QED) is 0.363. The molecule has 11 heteroatoms. The minimum atomic E-state index is -5.01. The van der Waals surface area contributed by atoms with Gasteiger partial charge >= 0.3 is 6.18 Å². The highest BCUT2D eigenvalue weighted by Gasteiger charge is 2.42. The number of carbonyl (C=O) groups is 1. The van der Waals surface area contributed by atoms with Crippen LogP contribution in [-0.4, -0.2) is 38.8 Å². The van der Waals surface area contributed by atoms with Crippen LogP contribution < -0.4 is 9.04 Å². The van der Waals surface area contributed by atoms with Crippen LogP contribution >= 0.6 is 0 Å². The van der Waals surface area contributed by atoms with E-state index >= 15 is 0 Å². The van der Waals surface area contributed by atoms with Gasteiger partial charge in [0.25, 0.3) is 15.9 Å². The summed E-state index contributed by atoms with van der Waals surface area (Å²) in [5.41, 5.74) is -2.69. The zero-order valence-corrected chi connectivity index (χ0v) is 19.9. The first-order valence-electron chi connectivity index (χ1n) is 10.3. The SMILES string of the molecule is COc1ccc(S(=O)(=O)N(Cc2ccccc2)c2c(C(=O)N(C)O)ccc(C)c2C(F)(F)F)cc1. The molecule has 0 atom stereocenters. The van der Waals surface area contributed by atoms with Crippen molar-refractivity contribution in [3.8, 4) is 5.75 Å². The number of nitrogens with zero attached hydrogens (tertiary/aromatic N) is 2. The fourth-order valence-corrected chi connectivity index (χ4v) is 5.05. The van der Waals surface area contributed by atoms with Crippen molar-refractivity contribution in [3.05, 3.63) is 89.0 Å². The molecule has 0 saturated heterocycles. The van der Waals surface area contributed by atoms with Crippen LogP contribution in [0.25, 0.3) is 0 Å². The number of sulfonamides is 1. The molecule has 0 aliphatic heterocycles. The summed E-state index contributed by atoms with van der Waals surface area (Å²) >= 11 is 0. The second kappa shape index (κ2) is 9.96. The summed E-state index contributed by atoms with van der Waals surface area (Å²) in [5.74, 6) is -0.851. The lowest BCUT2D eigenvalue weighted by Gasteiger charge is -2.30. The van der Waals surface area contributed by atoms with Crippen LogP contribution in [0, 0.1) is 6.92 Å². The molecule has 1 N–H and O–H groups in total. The molecule has 0 spiro atoms. The first kappa shape index (κ1) is 26.0. The third-order valence-corrected chi connectivity index (χ3v) is 7.02. The second-order valence-electron chi connectivity index (χ2n) is 7.65. The van der Waals surface area contributed by atoms with E-state index in [1.165, 1.54) is 38.3 Å². The van der Waals surface area contributed by atoms with E-state index in [0.29, 0.717) is 15.6 Å².